The van der Waals surface area contributed by atoms with Gasteiger partial charge in [-0.05, 0) is 12.1 Å². The van der Waals surface area contributed by atoms with Crippen LogP contribution in [0.4, 0.5) is 0 Å². The molecule has 0 saturated heterocycles. The Morgan fingerprint density at radius 1 is 1.07 bits per heavy atom. The number of rotatable bonds is 0. The molecule has 0 atom stereocenters. The predicted octanol–water partition coefficient (Wildman–Crippen LogP) is -2.96. The number of hydrogen-bond acceptors (Lipinski definition) is 1. The van der Waals surface area contributed by atoms with Gasteiger partial charge in [0.2, 0.25) is 0 Å². The van der Waals surface area contributed by atoms with Crippen LogP contribution in [-0.2, 0) is 26.2 Å². The van der Waals surface area contributed by atoms with Gasteiger partial charge in [0.05, 0.1) is 12.5 Å². The molecule has 0 radical (unpaired) electrons. The Morgan fingerprint density at radius 2 is 1.64 bits per heavy atom. The maximum Gasteiger partial charge on any atom is 4.00 e. The van der Waals surface area contributed by atoms with Crippen molar-refractivity contribution >= 4 is 0 Å². The standard InChI is InChI=1S/C5H5.C4H4O.CH3.2ClH.Zr/c2*1-2-4-5-3-1;;;;/h1-3H,4H2;1-4H;1H3;2*1H;/q-1;;-1;;;+4/p-2. The van der Waals surface area contributed by atoms with Crippen LogP contribution in [0.3, 0.4) is 0 Å². The van der Waals surface area contributed by atoms with Gasteiger partial charge in [-0.1, -0.05) is 0 Å². The van der Waals surface area contributed by atoms with Crippen LogP contribution in [-0.4, -0.2) is 0 Å². The van der Waals surface area contributed by atoms with E-state index in [1.807, 2.05) is 24.3 Å². The van der Waals surface area contributed by atoms with E-state index in [9.17, 15) is 0 Å². The van der Waals surface area contributed by atoms with Gasteiger partial charge in [-0.15, -0.1) is 6.42 Å². The molecule has 0 bridgehead atoms. The number of furan rings is 1. The first kappa shape index (κ1) is 23.8. The summed E-state index contributed by atoms with van der Waals surface area (Å²) < 4.78 is 4.58. The summed E-state index contributed by atoms with van der Waals surface area (Å²) in [5.41, 5.74) is 0. The molecule has 0 N–H and O–H groups in total. The Bertz CT molecular complexity index is 181. The molecule has 1 nitrogen and oxygen atoms in total. The molecule has 1 aromatic heterocycles. The van der Waals surface area contributed by atoms with Crippen molar-refractivity contribution in [1.82, 2.24) is 0 Å². The second-order valence-corrected chi connectivity index (χ2v) is 1.80. The summed E-state index contributed by atoms with van der Waals surface area (Å²) in [6.07, 6.45) is 13.2. The van der Waals surface area contributed by atoms with Gasteiger partial charge in [-0.25, -0.2) is 12.2 Å². The van der Waals surface area contributed by atoms with Gasteiger partial charge in [-0.3, -0.25) is 6.08 Å². The van der Waals surface area contributed by atoms with Crippen molar-refractivity contribution in [2.24, 2.45) is 0 Å². The molecule has 1 heterocycles. The first-order valence-corrected chi connectivity index (χ1v) is 3.19. The number of allylic oxidation sites excluding steroid dienone is 4. The van der Waals surface area contributed by atoms with E-state index in [2.05, 4.69) is 16.6 Å². The Morgan fingerprint density at radius 3 is 1.79 bits per heavy atom. The van der Waals surface area contributed by atoms with Gasteiger partial charge in [-0.2, -0.15) is 6.08 Å². The fourth-order valence-electron chi connectivity index (χ4n) is 0.567. The van der Waals surface area contributed by atoms with Crippen molar-refractivity contribution in [2.45, 2.75) is 6.42 Å². The Kier molecular flexibility index (Phi) is 32.1. The van der Waals surface area contributed by atoms with Crippen molar-refractivity contribution in [3.63, 3.8) is 0 Å². The SMILES string of the molecule is [C-]1=CC=CC1.[CH3-].[Cl-].[Cl-].[Zr+4].c1ccoc1. The van der Waals surface area contributed by atoms with Crippen LogP contribution >= 0.6 is 0 Å². The summed E-state index contributed by atoms with van der Waals surface area (Å²) in [7, 11) is 0. The Balaban J connectivity index is -0.0000000556. The van der Waals surface area contributed by atoms with E-state index < -0.39 is 0 Å². The predicted molar refractivity (Wildman–Crippen MR) is 46.7 cm³/mol. The van der Waals surface area contributed by atoms with Gasteiger partial charge in [0, 0.05) is 0 Å². The van der Waals surface area contributed by atoms with E-state index in [1.54, 1.807) is 12.5 Å². The summed E-state index contributed by atoms with van der Waals surface area (Å²) in [6.45, 7) is 0. The average Bonchev–Trinajstić information content (AvgIpc) is 2.67. The average molecular weight is 310 g/mol. The fourth-order valence-corrected chi connectivity index (χ4v) is 0.567. The smallest absolute Gasteiger partial charge is 1.00 e. The molecule has 1 aliphatic carbocycles. The summed E-state index contributed by atoms with van der Waals surface area (Å²) in [5, 5.41) is 0. The molecule has 76 valence electrons. The van der Waals surface area contributed by atoms with Gasteiger partial charge in [0.25, 0.3) is 0 Å². The largest absolute Gasteiger partial charge is 4.00 e. The molecular weight excluding hydrogens is 298 g/mol. The molecule has 0 saturated carbocycles. The molecule has 0 amide bonds. The minimum Gasteiger partial charge on any atom is -1.00 e. The second-order valence-electron chi connectivity index (χ2n) is 1.80. The Hall–Kier alpha value is 0.223. The molecular formula is C10H12Cl2OZr. The monoisotopic (exact) mass is 308 g/mol. The third kappa shape index (κ3) is 14.7. The molecule has 14 heavy (non-hydrogen) atoms. The molecule has 0 unspecified atom stereocenters. The van der Waals surface area contributed by atoms with Gasteiger partial charge < -0.3 is 36.7 Å². The number of hydrogen-bond donors (Lipinski definition) is 0. The van der Waals surface area contributed by atoms with Gasteiger partial charge in [0.1, 0.15) is 0 Å². The normalized spacial score (nSPS) is 9.14. The molecule has 4 heteroatoms. The molecule has 1 aromatic rings. The van der Waals surface area contributed by atoms with Gasteiger partial charge in [0.15, 0.2) is 0 Å². The molecule has 0 aliphatic heterocycles. The van der Waals surface area contributed by atoms with Crippen LogP contribution in [0.5, 0.6) is 0 Å². The zero-order chi connectivity index (χ0) is 7.07. The summed E-state index contributed by atoms with van der Waals surface area (Å²) in [5.74, 6) is 0. The molecule has 1 aliphatic rings. The van der Waals surface area contributed by atoms with Crippen LogP contribution in [0.1, 0.15) is 6.42 Å². The minimum absolute atomic E-state index is 0. The topological polar surface area (TPSA) is 13.1 Å². The second kappa shape index (κ2) is 18.9. The first-order chi connectivity index (χ1) is 5.00. The van der Waals surface area contributed by atoms with E-state index in [0.717, 1.165) is 6.42 Å². The first-order valence-electron chi connectivity index (χ1n) is 3.19. The quantitative estimate of drug-likeness (QED) is 0.467. The zero-order valence-corrected chi connectivity index (χ0v) is 11.9. The maximum absolute atomic E-state index is 4.58. The van der Waals surface area contributed by atoms with Crippen molar-refractivity contribution in [1.29, 1.82) is 0 Å². The van der Waals surface area contributed by atoms with Crippen LogP contribution < -0.4 is 24.8 Å². The molecule has 0 aromatic carbocycles. The number of halogens is 2. The van der Waals surface area contributed by atoms with E-state index >= 15 is 0 Å². The van der Waals surface area contributed by atoms with Crippen molar-refractivity contribution in [2.75, 3.05) is 0 Å². The van der Waals surface area contributed by atoms with E-state index in [4.69, 9.17) is 0 Å². The van der Waals surface area contributed by atoms with E-state index in [0.29, 0.717) is 0 Å². The third-order valence-corrected chi connectivity index (χ3v) is 1.01. The summed E-state index contributed by atoms with van der Waals surface area (Å²) in [4.78, 5) is 0. The summed E-state index contributed by atoms with van der Waals surface area (Å²) >= 11 is 0. The van der Waals surface area contributed by atoms with Crippen LogP contribution in [0, 0.1) is 13.5 Å². The third-order valence-electron chi connectivity index (χ3n) is 1.01. The maximum atomic E-state index is 4.58. The van der Waals surface area contributed by atoms with Crippen molar-refractivity contribution in [3.8, 4) is 0 Å². The molecule has 2 rings (SSSR count). The van der Waals surface area contributed by atoms with Crippen LogP contribution in [0.25, 0.3) is 0 Å². The molecule has 0 fully saturated rings. The summed E-state index contributed by atoms with van der Waals surface area (Å²) in [6, 6.07) is 3.67. The van der Waals surface area contributed by atoms with Crippen LogP contribution in [0.2, 0.25) is 0 Å². The van der Waals surface area contributed by atoms with E-state index in [1.165, 1.54) is 0 Å². The minimum atomic E-state index is 0. The van der Waals surface area contributed by atoms with E-state index in [-0.39, 0.29) is 58.4 Å². The van der Waals surface area contributed by atoms with Crippen LogP contribution in [0.15, 0.2) is 47.3 Å². The fraction of sp³-hybridized carbons (Fsp3) is 0.100. The Labute approximate surface area is 118 Å². The molecule has 0 spiro atoms. The van der Waals surface area contributed by atoms with Crippen molar-refractivity contribution < 1.29 is 55.4 Å². The zero-order valence-electron chi connectivity index (χ0n) is 7.91. The van der Waals surface area contributed by atoms with Gasteiger partial charge >= 0.3 is 26.2 Å². The van der Waals surface area contributed by atoms with Crippen molar-refractivity contribution in [3.05, 3.63) is 56.4 Å².